The van der Waals surface area contributed by atoms with Crippen molar-refractivity contribution >= 4 is 17.6 Å². The van der Waals surface area contributed by atoms with E-state index in [1.54, 1.807) is 12.0 Å². The standard InChI is InChI=1S/C19H27N3O3/c1-25-17-10-6-9-16(12-17)22-13-15(11-18(22)23)21-19(24)20-14-7-4-2-3-5-8-14/h6,9-10,12,14-15H,2-5,7-8,11,13H2,1H3,(H2,20,21,24). The zero-order valence-electron chi connectivity index (χ0n) is 14.8. The summed E-state index contributed by atoms with van der Waals surface area (Å²) in [5, 5.41) is 6.04. The second-order valence-electron chi connectivity index (χ2n) is 6.91. The van der Waals surface area contributed by atoms with Gasteiger partial charge in [-0.3, -0.25) is 4.79 Å². The van der Waals surface area contributed by atoms with Crippen molar-refractivity contribution in [3.05, 3.63) is 24.3 Å². The van der Waals surface area contributed by atoms with Gasteiger partial charge in [0.1, 0.15) is 5.75 Å². The highest BCUT2D eigenvalue weighted by Gasteiger charge is 2.32. The summed E-state index contributed by atoms with van der Waals surface area (Å²) in [4.78, 5) is 26.3. The molecule has 3 rings (SSSR count). The lowest BCUT2D eigenvalue weighted by Crippen LogP contribution is -2.47. The fourth-order valence-corrected chi connectivity index (χ4v) is 3.67. The van der Waals surface area contributed by atoms with Crippen molar-refractivity contribution in [1.29, 1.82) is 0 Å². The molecule has 0 aromatic heterocycles. The molecule has 1 atom stereocenters. The Morgan fingerprint density at radius 1 is 1.12 bits per heavy atom. The fourth-order valence-electron chi connectivity index (χ4n) is 3.67. The topological polar surface area (TPSA) is 70.7 Å². The molecular weight excluding hydrogens is 318 g/mol. The van der Waals surface area contributed by atoms with Crippen LogP contribution in [0.2, 0.25) is 0 Å². The van der Waals surface area contributed by atoms with E-state index in [1.807, 2.05) is 24.3 Å². The van der Waals surface area contributed by atoms with Gasteiger partial charge in [-0.05, 0) is 25.0 Å². The number of anilines is 1. The monoisotopic (exact) mass is 345 g/mol. The number of hydrogen-bond donors (Lipinski definition) is 2. The third-order valence-electron chi connectivity index (χ3n) is 5.02. The lowest BCUT2D eigenvalue weighted by molar-refractivity contribution is -0.117. The second kappa shape index (κ2) is 8.23. The Bertz CT molecular complexity index is 612. The Balaban J connectivity index is 1.54. The molecule has 136 valence electrons. The van der Waals surface area contributed by atoms with Gasteiger partial charge < -0.3 is 20.3 Å². The molecule has 2 N–H and O–H groups in total. The maximum Gasteiger partial charge on any atom is 0.315 e. The zero-order valence-corrected chi connectivity index (χ0v) is 14.8. The minimum absolute atomic E-state index is 0.0213. The number of hydrogen-bond acceptors (Lipinski definition) is 3. The summed E-state index contributed by atoms with van der Waals surface area (Å²) in [6.45, 7) is 0.490. The molecule has 2 fully saturated rings. The van der Waals surface area contributed by atoms with Crippen molar-refractivity contribution in [2.45, 2.75) is 57.0 Å². The molecule has 1 aliphatic heterocycles. The van der Waals surface area contributed by atoms with Crippen LogP contribution in [0.3, 0.4) is 0 Å². The first-order chi connectivity index (χ1) is 12.2. The number of carbonyl (C=O) groups is 2. The molecule has 1 aliphatic carbocycles. The van der Waals surface area contributed by atoms with Crippen LogP contribution in [0.15, 0.2) is 24.3 Å². The van der Waals surface area contributed by atoms with Gasteiger partial charge in [0, 0.05) is 30.8 Å². The molecule has 0 radical (unpaired) electrons. The van der Waals surface area contributed by atoms with Gasteiger partial charge in [-0.1, -0.05) is 31.7 Å². The van der Waals surface area contributed by atoms with Crippen LogP contribution < -0.4 is 20.3 Å². The quantitative estimate of drug-likeness (QED) is 0.825. The number of urea groups is 1. The first-order valence-corrected chi connectivity index (χ1v) is 9.17. The molecule has 1 aromatic carbocycles. The van der Waals surface area contributed by atoms with Gasteiger partial charge in [0.05, 0.1) is 13.2 Å². The molecule has 1 aromatic rings. The lowest BCUT2D eigenvalue weighted by Gasteiger charge is -2.20. The molecule has 0 bridgehead atoms. The number of benzene rings is 1. The summed E-state index contributed by atoms with van der Waals surface area (Å²) in [5.74, 6) is 0.737. The largest absolute Gasteiger partial charge is 0.497 e. The number of methoxy groups -OCH3 is 1. The van der Waals surface area contributed by atoms with E-state index >= 15 is 0 Å². The summed E-state index contributed by atoms with van der Waals surface area (Å²) in [6, 6.07) is 7.37. The zero-order chi connectivity index (χ0) is 17.6. The van der Waals surface area contributed by atoms with E-state index in [1.165, 1.54) is 25.7 Å². The highest BCUT2D eigenvalue weighted by atomic mass is 16.5. The Hall–Kier alpha value is -2.24. The van der Waals surface area contributed by atoms with Crippen LogP contribution in [-0.4, -0.2) is 37.7 Å². The molecule has 6 heteroatoms. The van der Waals surface area contributed by atoms with E-state index in [0.717, 1.165) is 18.5 Å². The van der Waals surface area contributed by atoms with Crippen molar-refractivity contribution in [3.63, 3.8) is 0 Å². The first-order valence-electron chi connectivity index (χ1n) is 9.17. The molecule has 25 heavy (non-hydrogen) atoms. The third-order valence-corrected chi connectivity index (χ3v) is 5.02. The van der Waals surface area contributed by atoms with Crippen molar-refractivity contribution in [3.8, 4) is 5.75 Å². The van der Waals surface area contributed by atoms with Gasteiger partial charge in [-0.15, -0.1) is 0 Å². The van der Waals surface area contributed by atoms with Gasteiger partial charge in [0.2, 0.25) is 5.91 Å². The normalized spacial score (nSPS) is 21.7. The number of nitrogens with zero attached hydrogens (tertiary/aromatic N) is 1. The molecule has 0 spiro atoms. The van der Waals surface area contributed by atoms with E-state index in [2.05, 4.69) is 10.6 Å². The average Bonchev–Trinajstić information content (AvgIpc) is 2.81. The summed E-state index contributed by atoms with van der Waals surface area (Å²) in [6.07, 6.45) is 7.29. The smallest absolute Gasteiger partial charge is 0.315 e. The predicted molar refractivity (Wildman–Crippen MR) is 96.9 cm³/mol. The molecule has 6 nitrogen and oxygen atoms in total. The second-order valence-corrected chi connectivity index (χ2v) is 6.91. The van der Waals surface area contributed by atoms with Crippen LogP contribution in [0.25, 0.3) is 0 Å². The summed E-state index contributed by atoms with van der Waals surface area (Å²) < 4.78 is 5.22. The first kappa shape index (κ1) is 17.6. The van der Waals surface area contributed by atoms with E-state index in [0.29, 0.717) is 18.7 Å². The van der Waals surface area contributed by atoms with Crippen LogP contribution in [0.4, 0.5) is 10.5 Å². The number of nitrogens with one attached hydrogen (secondary N) is 2. The molecule has 3 amide bonds. The fraction of sp³-hybridized carbons (Fsp3) is 0.579. The van der Waals surface area contributed by atoms with Crippen molar-refractivity contribution < 1.29 is 14.3 Å². The van der Waals surface area contributed by atoms with Gasteiger partial charge in [0.25, 0.3) is 0 Å². The van der Waals surface area contributed by atoms with Crippen molar-refractivity contribution in [2.75, 3.05) is 18.6 Å². The molecule has 1 saturated carbocycles. The Morgan fingerprint density at radius 2 is 1.84 bits per heavy atom. The predicted octanol–water partition coefficient (Wildman–Crippen LogP) is 2.82. The number of amides is 3. The highest BCUT2D eigenvalue weighted by Crippen LogP contribution is 2.25. The molecule has 2 aliphatic rings. The van der Waals surface area contributed by atoms with E-state index < -0.39 is 0 Å². The molecular formula is C19H27N3O3. The Labute approximate surface area is 148 Å². The average molecular weight is 345 g/mol. The molecule has 1 unspecified atom stereocenters. The number of carbonyl (C=O) groups excluding carboxylic acids is 2. The van der Waals surface area contributed by atoms with Gasteiger partial charge >= 0.3 is 6.03 Å². The van der Waals surface area contributed by atoms with Crippen LogP contribution in [0, 0.1) is 0 Å². The van der Waals surface area contributed by atoms with Crippen LogP contribution in [0.1, 0.15) is 44.9 Å². The van der Waals surface area contributed by atoms with Crippen LogP contribution in [0.5, 0.6) is 5.75 Å². The van der Waals surface area contributed by atoms with Crippen molar-refractivity contribution in [2.24, 2.45) is 0 Å². The van der Waals surface area contributed by atoms with E-state index in [-0.39, 0.29) is 24.0 Å². The third kappa shape index (κ3) is 4.65. The Kier molecular flexibility index (Phi) is 5.79. The minimum Gasteiger partial charge on any atom is -0.497 e. The van der Waals surface area contributed by atoms with Gasteiger partial charge in [-0.25, -0.2) is 4.79 Å². The molecule has 1 saturated heterocycles. The maximum absolute atomic E-state index is 12.3. The highest BCUT2D eigenvalue weighted by molar-refractivity contribution is 5.97. The van der Waals surface area contributed by atoms with Crippen molar-refractivity contribution in [1.82, 2.24) is 10.6 Å². The van der Waals surface area contributed by atoms with E-state index in [9.17, 15) is 9.59 Å². The summed E-state index contributed by atoms with van der Waals surface area (Å²) >= 11 is 0. The number of ether oxygens (including phenoxy) is 1. The SMILES string of the molecule is COc1cccc(N2CC(NC(=O)NC3CCCCCC3)CC2=O)c1. The summed E-state index contributed by atoms with van der Waals surface area (Å²) in [5.41, 5.74) is 0.804. The Morgan fingerprint density at radius 3 is 2.56 bits per heavy atom. The molecule has 1 heterocycles. The van der Waals surface area contributed by atoms with Crippen LogP contribution in [-0.2, 0) is 4.79 Å². The van der Waals surface area contributed by atoms with Crippen LogP contribution >= 0.6 is 0 Å². The van der Waals surface area contributed by atoms with Gasteiger partial charge in [-0.2, -0.15) is 0 Å². The number of rotatable bonds is 4. The minimum atomic E-state index is -0.163. The van der Waals surface area contributed by atoms with E-state index in [4.69, 9.17) is 4.74 Å². The summed E-state index contributed by atoms with van der Waals surface area (Å²) in [7, 11) is 1.60. The van der Waals surface area contributed by atoms with Gasteiger partial charge in [0.15, 0.2) is 0 Å². The maximum atomic E-state index is 12.3. The lowest BCUT2D eigenvalue weighted by atomic mass is 10.1.